The van der Waals surface area contributed by atoms with Gasteiger partial charge in [-0.05, 0) is 18.4 Å². The van der Waals surface area contributed by atoms with Gasteiger partial charge in [-0.3, -0.25) is 0 Å². The number of ether oxygens (including phenoxy) is 1. The van der Waals surface area contributed by atoms with E-state index in [1.165, 1.54) is 0 Å². The molecule has 2 rings (SSSR count). The average Bonchev–Trinajstić information content (AvgIpc) is 2.58. The van der Waals surface area contributed by atoms with E-state index in [0.29, 0.717) is 5.02 Å². The Kier molecular flexibility index (Phi) is 2.82. The molecule has 0 radical (unpaired) electrons. The van der Waals surface area contributed by atoms with E-state index in [9.17, 15) is 0 Å². The molecule has 0 spiro atoms. The van der Waals surface area contributed by atoms with Crippen molar-refractivity contribution in [2.24, 2.45) is 0 Å². The summed E-state index contributed by atoms with van der Waals surface area (Å²) in [5, 5.41) is 0.686. The van der Waals surface area contributed by atoms with Gasteiger partial charge in [0.05, 0.1) is 17.6 Å². The molecule has 0 atom stereocenters. The molecule has 1 heterocycles. The maximum absolute atomic E-state index is 6.28. The molecule has 3 nitrogen and oxygen atoms in total. The molecule has 0 unspecified atom stereocenters. The van der Waals surface area contributed by atoms with E-state index in [-0.39, 0.29) is 5.41 Å². The first-order valence-corrected chi connectivity index (χ1v) is 5.95. The number of hydrogen-bond acceptors (Lipinski definition) is 2. The number of fused-ring (bicyclic) bond motifs is 1. The molecule has 2 aromatic rings. The van der Waals surface area contributed by atoms with Gasteiger partial charge < -0.3 is 9.72 Å². The summed E-state index contributed by atoms with van der Waals surface area (Å²) in [7, 11) is 1.67. The highest BCUT2D eigenvalue weighted by molar-refractivity contribution is 6.35. The smallest absolute Gasteiger partial charge is 0.150 e. The quantitative estimate of drug-likeness (QED) is 0.838. The first-order chi connectivity index (χ1) is 7.84. The number of aromatic nitrogens is 2. The van der Waals surface area contributed by atoms with Crippen LogP contribution >= 0.6 is 11.6 Å². The van der Waals surface area contributed by atoms with E-state index < -0.39 is 0 Å². The van der Waals surface area contributed by atoms with Gasteiger partial charge in [-0.25, -0.2) is 4.98 Å². The molecule has 17 heavy (non-hydrogen) atoms. The van der Waals surface area contributed by atoms with E-state index in [0.717, 1.165) is 28.2 Å². The van der Waals surface area contributed by atoms with Gasteiger partial charge in [0.1, 0.15) is 11.3 Å². The molecule has 0 aliphatic rings. The molecule has 4 heteroatoms. The largest absolute Gasteiger partial charge is 0.494 e. The lowest BCUT2D eigenvalue weighted by Gasteiger charge is -2.22. The van der Waals surface area contributed by atoms with Gasteiger partial charge in [-0.1, -0.05) is 32.4 Å². The molecule has 0 bridgehead atoms. The lowest BCUT2D eigenvalue weighted by molar-refractivity contribution is 0.402. The van der Waals surface area contributed by atoms with E-state index in [1.807, 2.05) is 13.0 Å². The van der Waals surface area contributed by atoms with Crippen LogP contribution in [0.5, 0.6) is 5.75 Å². The summed E-state index contributed by atoms with van der Waals surface area (Å²) in [5.74, 6) is 1.65. The van der Waals surface area contributed by atoms with Crippen molar-refractivity contribution in [3.05, 3.63) is 22.5 Å². The second-order valence-corrected chi connectivity index (χ2v) is 5.64. The molecule has 1 N–H and O–H groups in total. The highest BCUT2D eigenvalue weighted by Crippen LogP contribution is 2.39. The lowest BCUT2D eigenvalue weighted by atomic mass is 9.86. The molecule has 0 amide bonds. The molecule has 1 aromatic carbocycles. The second kappa shape index (κ2) is 3.91. The van der Waals surface area contributed by atoms with Crippen LogP contribution in [0.15, 0.2) is 6.07 Å². The van der Waals surface area contributed by atoms with Crippen molar-refractivity contribution in [1.82, 2.24) is 9.97 Å². The summed E-state index contributed by atoms with van der Waals surface area (Å²) >= 11 is 6.28. The van der Waals surface area contributed by atoms with Crippen molar-refractivity contribution in [1.29, 1.82) is 0 Å². The number of nitrogens with one attached hydrogen (secondary N) is 1. The minimum Gasteiger partial charge on any atom is -0.494 e. The Morgan fingerprint density at radius 2 is 2.00 bits per heavy atom. The topological polar surface area (TPSA) is 37.9 Å². The van der Waals surface area contributed by atoms with Gasteiger partial charge in [-0.15, -0.1) is 0 Å². The highest BCUT2D eigenvalue weighted by atomic mass is 35.5. The normalized spacial score (nSPS) is 12.1. The summed E-state index contributed by atoms with van der Waals surface area (Å²) in [6, 6.07) is 1.96. The third-order valence-corrected chi connectivity index (χ3v) is 3.10. The fourth-order valence-corrected chi connectivity index (χ4v) is 2.23. The SMILES string of the molecule is COc1c(C(C)(C)C)cc(Cl)c2[nH]c(C)nc12. The predicted molar refractivity (Wildman–Crippen MR) is 71.1 cm³/mol. The van der Waals surface area contributed by atoms with Crippen molar-refractivity contribution >= 4 is 22.6 Å². The molecular formula is C13H17ClN2O. The molecule has 0 aliphatic carbocycles. The number of benzene rings is 1. The zero-order valence-electron chi connectivity index (χ0n) is 10.8. The Morgan fingerprint density at radius 3 is 2.53 bits per heavy atom. The summed E-state index contributed by atoms with van der Waals surface area (Å²) in [4.78, 5) is 7.61. The van der Waals surface area contributed by atoms with Gasteiger partial charge in [0, 0.05) is 5.56 Å². The van der Waals surface area contributed by atoms with E-state index in [4.69, 9.17) is 16.3 Å². The summed E-state index contributed by atoms with van der Waals surface area (Å²) < 4.78 is 5.51. The van der Waals surface area contributed by atoms with Gasteiger partial charge in [0.2, 0.25) is 0 Å². The Bertz CT molecular complexity index is 567. The zero-order chi connectivity index (χ0) is 12.8. The number of aryl methyl sites for hydroxylation is 1. The Labute approximate surface area is 106 Å². The van der Waals surface area contributed by atoms with E-state index >= 15 is 0 Å². The Morgan fingerprint density at radius 1 is 1.35 bits per heavy atom. The molecule has 0 saturated heterocycles. The fourth-order valence-electron chi connectivity index (χ4n) is 1.98. The van der Waals surface area contributed by atoms with Crippen LogP contribution in [0.25, 0.3) is 11.0 Å². The predicted octanol–water partition coefficient (Wildman–Crippen LogP) is 3.83. The van der Waals surface area contributed by atoms with Gasteiger partial charge in [0.25, 0.3) is 0 Å². The molecule has 0 saturated carbocycles. The van der Waals surface area contributed by atoms with Gasteiger partial charge >= 0.3 is 0 Å². The number of hydrogen-bond donors (Lipinski definition) is 1. The standard InChI is InChI=1S/C13H17ClN2O/c1-7-15-10-9(14)6-8(13(2,3)4)12(17-5)11(10)16-7/h6H,1-5H3,(H,15,16). The maximum Gasteiger partial charge on any atom is 0.150 e. The fraction of sp³-hybridized carbons (Fsp3) is 0.462. The lowest BCUT2D eigenvalue weighted by Crippen LogP contribution is -2.13. The van der Waals surface area contributed by atoms with Crippen LogP contribution in [0.1, 0.15) is 32.2 Å². The third-order valence-electron chi connectivity index (χ3n) is 2.80. The Balaban J connectivity index is 2.87. The van der Waals surface area contributed by atoms with Crippen molar-refractivity contribution in [2.45, 2.75) is 33.1 Å². The molecule has 0 aliphatic heterocycles. The number of H-pyrrole nitrogens is 1. The van der Waals surface area contributed by atoms with Gasteiger partial charge in [-0.2, -0.15) is 0 Å². The summed E-state index contributed by atoms with van der Waals surface area (Å²) in [6.45, 7) is 8.30. The van der Waals surface area contributed by atoms with Crippen LogP contribution in [0, 0.1) is 6.92 Å². The number of nitrogens with zero attached hydrogens (tertiary/aromatic N) is 1. The number of imidazole rings is 1. The van der Waals surface area contributed by atoms with Crippen molar-refractivity contribution < 1.29 is 4.74 Å². The van der Waals surface area contributed by atoms with Crippen molar-refractivity contribution in [3.63, 3.8) is 0 Å². The number of halogens is 1. The van der Waals surface area contributed by atoms with Crippen LogP contribution in [-0.2, 0) is 5.41 Å². The molecule has 0 fully saturated rings. The maximum atomic E-state index is 6.28. The Hall–Kier alpha value is -1.22. The van der Waals surface area contributed by atoms with Crippen molar-refractivity contribution in [3.8, 4) is 5.75 Å². The molecular weight excluding hydrogens is 236 g/mol. The van der Waals surface area contributed by atoms with Crippen LogP contribution in [0.3, 0.4) is 0 Å². The average molecular weight is 253 g/mol. The zero-order valence-corrected chi connectivity index (χ0v) is 11.6. The van der Waals surface area contributed by atoms with Crippen LogP contribution in [-0.4, -0.2) is 17.1 Å². The summed E-state index contributed by atoms with van der Waals surface area (Å²) in [6.07, 6.45) is 0. The first-order valence-electron chi connectivity index (χ1n) is 5.58. The third kappa shape index (κ3) is 2.00. The molecule has 92 valence electrons. The van der Waals surface area contributed by atoms with Crippen molar-refractivity contribution in [2.75, 3.05) is 7.11 Å². The minimum atomic E-state index is -0.0317. The van der Waals surface area contributed by atoms with E-state index in [1.54, 1.807) is 7.11 Å². The number of methoxy groups -OCH3 is 1. The highest BCUT2D eigenvalue weighted by Gasteiger charge is 2.23. The van der Waals surface area contributed by atoms with Crippen LogP contribution in [0.4, 0.5) is 0 Å². The monoisotopic (exact) mass is 252 g/mol. The second-order valence-electron chi connectivity index (χ2n) is 5.24. The van der Waals surface area contributed by atoms with E-state index in [2.05, 4.69) is 30.7 Å². The molecule has 1 aromatic heterocycles. The van der Waals surface area contributed by atoms with Crippen LogP contribution < -0.4 is 4.74 Å². The summed E-state index contributed by atoms with van der Waals surface area (Å²) in [5.41, 5.74) is 2.69. The minimum absolute atomic E-state index is 0.0317. The van der Waals surface area contributed by atoms with Crippen LogP contribution in [0.2, 0.25) is 5.02 Å². The van der Waals surface area contributed by atoms with Gasteiger partial charge in [0.15, 0.2) is 5.75 Å². The first kappa shape index (κ1) is 12.2. The number of aromatic amines is 1. The number of rotatable bonds is 1.